The smallest absolute Gasteiger partial charge is 0.279 e. The molecule has 0 bridgehead atoms. The first-order valence-corrected chi connectivity index (χ1v) is 8.57. The molecule has 1 amide bonds. The summed E-state index contributed by atoms with van der Waals surface area (Å²) < 4.78 is 12.4. The average Bonchev–Trinajstić information content (AvgIpc) is 2.67. The Morgan fingerprint density at radius 1 is 1.15 bits per heavy atom. The minimum Gasteiger partial charge on any atom is -0.493 e. The molecule has 1 aromatic carbocycles. The highest BCUT2D eigenvalue weighted by atomic mass is 16.5. The molecule has 2 aromatic heterocycles. The number of ether oxygens (including phenoxy) is 2. The van der Waals surface area contributed by atoms with Gasteiger partial charge >= 0.3 is 0 Å². The summed E-state index contributed by atoms with van der Waals surface area (Å²) in [5, 5.41) is 2.85. The zero-order valence-corrected chi connectivity index (χ0v) is 15.3. The van der Waals surface area contributed by atoms with E-state index in [1.165, 1.54) is 0 Å². The molecule has 3 aromatic rings. The predicted octanol–water partition coefficient (Wildman–Crippen LogP) is 2.49. The summed E-state index contributed by atoms with van der Waals surface area (Å²) in [7, 11) is 3.11. The maximum Gasteiger partial charge on any atom is 0.279 e. The molecule has 1 N–H and O–H groups in total. The molecule has 1 unspecified atom stereocenters. The van der Waals surface area contributed by atoms with E-state index in [0.717, 1.165) is 11.1 Å². The van der Waals surface area contributed by atoms with Crippen LogP contribution in [0.2, 0.25) is 0 Å². The molecule has 1 aliphatic heterocycles. The first kappa shape index (κ1) is 17.1. The molecule has 1 atom stereocenters. The van der Waals surface area contributed by atoms with Gasteiger partial charge in [0.25, 0.3) is 5.56 Å². The lowest BCUT2D eigenvalue weighted by Crippen LogP contribution is -2.32. The highest BCUT2D eigenvalue weighted by Gasteiger charge is 2.32. The van der Waals surface area contributed by atoms with E-state index in [-0.39, 0.29) is 17.9 Å². The van der Waals surface area contributed by atoms with Gasteiger partial charge in [-0.05, 0) is 36.2 Å². The zero-order valence-electron chi connectivity index (χ0n) is 15.3. The molecule has 3 heterocycles. The molecule has 0 radical (unpaired) electrons. The summed E-state index contributed by atoms with van der Waals surface area (Å²) in [4.78, 5) is 29.6. The molecule has 0 fully saturated rings. The van der Waals surface area contributed by atoms with Crippen LogP contribution in [0, 0.1) is 6.92 Å². The largest absolute Gasteiger partial charge is 0.493 e. The Labute approximate surface area is 155 Å². The van der Waals surface area contributed by atoms with Gasteiger partial charge in [-0.25, -0.2) is 0 Å². The van der Waals surface area contributed by atoms with Crippen LogP contribution in [0.3, 0.4) is 0 Å². The van der Waals surface area contributed by atoms with Crippen LogP contribution in [-0.4, -0.2) is 29.5 Å². The third-order valence-electron chi connectivity index (χ3n) is 4.90. The van der Waals surface area contributed by atoms with Gasteiger partial charge in [0.15, 0.2) is 11.5 Å². The lowest BCUT2D eigenvalue weighted by molar-refractivity contribution is -0.116. The van der Waals surface area contributed by atoms with Crippen molar-refractivity contribution in [3.8, 4) is 11.5 Å². The number of aromatic nitrogens is 2. The van der Waals surface area contributed by atoms with Gasteiger partial charge < -0.3 is 14.8 Å². The fraction of sp³-hybridized carbons (Fsp3) is 0.250. The Bertz CT molecular complexity index is 1120. The molecule has 0 saturated carbocycles. The van der Waals surface area contributed by atoms with Crippen LogP contribution in [0.1, 0.15) is 29.0 Å². The second-order valence-electron chi connectivity index (χ2n) is 6.48. The van der Waals surface area contributed by atoms with E-state index in [0.29, 0.717) is 28.5 Å². The molecule has 27 heavy (non-hydrogen) atoms. The van der Waals surface area contributed by atoms with E-state index in [1.807, 2.05) is 25.1 Å². The normalized spacial score (nSPS) is 16.0. The van der Waals surface area contributed by atoms with Crippen LogP contribution in [0.4, 0.5) is 5.82 Å². The average molecular weight is 365 g/mol. The number of fused-ring (bicyclic) bond motifs is 3. The van der Waals surface area contributed by atoms with Gasteiger partial charge in [-0.3, -0.25) is 14.0 Å². The number of methoxy groups -OCH3 is 2. The van der Waals surface area contributed by atoms with E-state index < -0.39 is 5.92 Å². The second-order valence-corrected chi connectivity index (χ2v) is 6.48. The van der Waals surface area contributed by atoms with Gasteiger partial charge in [0.2, 0.25) is 5.91 Å². The molecule has 0 aliphatic carbocycles. The summed E-state index contributed by atoms with van der Waals surface area (Å²) in [5.41, 5.74) is 2.34. The van der Waals surface area contributed by atoms with Crippen molar-refractivity contribution in [2.24, 2.45) is 0 Å². The summed E-state index contributed by atoms with van der Waals surface area (Å²) in [6.07, 6.45) is 1.96. The summed E-state index contributed by atoms with van der Waals surface area (Å²) in [6, 6.07) is 9.16. The maximum absolute atomic E-state index is 12.9. The van der Waals surface area contributed by atoms with Gasteiger partial charge in [-0.1, -0.05) is 12.1 Å². The molecule has 4 rings (SSSR count). The van der Waals surface area contributed by atoms with Gasteiger partial charge in [0.1, 0.15) is 11.5 Å². The Morgan fingerprint density at radius 3 is 2.67 bits per heavy atom. The van der Waals surface area contributed by atoms with Gasteiger partial charge in [-0.15, -0.1) is 0 Å². The number of benzene rings is 1. The molecule has 7 heteroatoms. The van der Waals surface area contributed by atoms with E-state index in [1.54, 1.807) is 36.9 Å². The van der Waals surface area contributed by atoms with Crippen molar-refractivity contribution in [1.82, 2.24) is 9.38 Å². The van der Waals surface area contributed by atoms with Crippen molar-refractivity contribution >= 4 is 17.4 Å². The molecule has 138 valence electrons. The lowest BCUT2D eigenvalue weighted by Gasteiger charge is -2.26. The minimum atomic E-state index is -0.411. The number of amides is 1. The van der Waals surface area contributed by atoms with Crippen LogP contribution in [-0.2, 0) is 4.79 Å². The molecule has 0 spiro atoms. The molecular formula is C20H19N3O4. The number of hydrogen-bond acceptors (Lipinski definition) is 5. The third-order valence-corrected chi connectivity index (χ3v) is 4.90. The van der Waals surface area contributed by atoms with E-state index >= 15 is 0 Å². The second kappa shape index (κ2) is 6.42. The van der Waals surface area contributed by atoms with Crippen LogP contribution >= 0.6 is 0 Å². The van der Waals surface area contributed by atoms with Crippen LogP contribution < -0.4 is 20.3 Å². The number of pyridine rings is 1. The summed E-state index contributed by atoms with van der Waals surface area (Å²) in [6.45, 7) is 1.88. The van der Waals surface area contributed by atoms with Crippen molar-refractivity contribution in [1.29, 1.82) is 0 Å². The number of nitrogens with one attached hydrogen (secondary N) is 1. The highest BCUT2D eigenvalue weighted by Crippen LogP contribution is 2.38. The standard InChI is InChI=1S/C20H19N3O4/c1-11-5-4-8-23-18(11)22-20(25)17-13(10-16(24)21-19(17)23)12-6-7-14(26-2)15(9-12)27-3/h4-9,13H,10H2,1-3H3,(H,21,24). The number of aryl methyl sites for hydroxylation is 1. The number of anilines is 1. The van der Waals surface area contributed by atoms with Gasteiger partial charge in [0, 0.05) is 18.5 Å². The quantitative estimate of drug-likeness (QED) is 0.771. The van der Waals surface area contributed by atoms with E-state index in [9.17, 15) is 9.59 Å². The SMILES string of the molecule is COc1ccc(C2CC(=O)Nc3c2c(=O)nc2c(C)cccn32)cc1OC. The third kappa shape index (κ3) is 2.71. The fourth-order valence-corrected chi connectivity index (χ4v) is 3.58. The highest BCUT2D eigenvalue weighted by molar-refractivity contribution is 5.94. The van der Waals surface area contributed by atoms with Gasteiger partial charge in [-0.2, -0.15) is 4.98 Å². The Kier molecular flexibility index (Phi) is 4.07. The van der Waals surface area contributed by atoms with Crippen molar-refractivity contribution in [2.45, 2.75) is 19.3 Å². The summed E-state index contributed by atoms with van der Waals surface area (Å²) in [5.74, 6) is 1.05. The molecule has 7 nitrogen and oxygen atoms in total. The Morgan fingerprint density at radius 2 is 1.93 bits per heavy atom. The first-order chi connectivity index (χ1) is 13.0. The van der Waals surface area contributed by atoms with Crippen molar-refractivity contribution in [3.05, 3.63) is 63.6 Å². The summed E-state index contributed by atoms with van der Waals surface area (Å²) >= 11 is 0. The number of hydrogen-bond donors (Lipinski definition) is 1. The Hall–Kier alpha value is -3.35. The fourth-order valence-electron chi connectivity index (χ4n) is 3.58. The van der Waals surface area contributed by atoms with Crippen molar-refractivity contribution < 1.29 is 14.3 Å². The van der Waals surface area contributed by atoms with Crippen LogP contribution in [0.25, 0.3) is 5.65 Å². The van der Waals surface area contributed by atoms with Gasteiger partial charge in [0.05, 0.1) is 19.8 Å². The number of rotatable bonds is 3. The topological polar surface area (TPSA) is 81.9 Å². The molecule has 1 aliphatic rings. The Balaban J connectivity index is 1.97. The molecular weight excluding hydrogens is 346 g/mol. The molecule has 0 saturated heterocycles. The zero-order chi connectivity index (χ0) is 19.1. The monoisotopic (exact) mass is 365 g/mol. The van der Waals surface area contributed by atoms with Crippen molar-refractivity contribution in [2.75, 3.05) is 19.5 Å². The first-order valence-electron chi connectivity index (χ1n) is 8.57. The maximum atomic E-state index is 12.9. The van der Waals surface area contributed by atoms with E-state index in [2.05, 4.69) is 10.3 Å². The van der Waals surface area contributed by atoms with Crippen LogP contribution in [0.15, 0.2) is 41.3 Å². The number of carbonyl (C=O) groups excluding carboxylic acids is 1. The predicted molar refractivity (Wildman–Crippen MR) is 101 cm³/mol. The lowest BCUT2D eigenvalue weighted by atomic mass is 9.86. The number of nitrogens with zero attached hydrogens (tertiary/aromatic N) is 2. The van der Waals surface area contributed by atoms with Crippen molar-refractivity contribution in [3.63, 3.8) is 0 Å². The van der Waals surface area contributed by atoms with Crippen LogP contribution in [0.5, 0.6) is 11.5 Å². The van der Waals surface area contributed by atoms with E-state index in [4.69, 9.17) is 9.47 Å². The minimum absolute atomic E-state index is 0.150. The number of carbonyl (C=O) groups is 1.